The maximum atomic E-state index is 6.44. The molecule has 0 spiro atoms. The fourth-order valence-corrected chi connectivity index (χ4v) is 3.01. The number of halogens is 1. The van der Waals surface area contributed by atoms with Gasteiger partial charge in [0.1, 0.15) is 19.0 Å². The van der Waals surface area contributed by atoms with E-state index in [-0.39, 0.29) is 0 Å². The SMILES string of the molecule is COc1cc2c(c(CC3CCCN3)c1Cl)OCCO2. The summed E-state index contributed by atoms with van der Waals surface area (Å²) >= 11 is 6.44. The lowest BCUT2D eigenvalue weighted by atomic mass is 10.0. The highest BCUT2D eigenvalue weighted by Gasteiger charge is 2.25. The van der Waals surface area contributed by atoms with E-state index in [0.717, 1.165) is 30.0 Å². The summed E-state index contributed by atoms with van der Waals surface area (Å²) in [6.07, 6.45) is 3.23. The van der Waals surface area contributed by atoms with Gasteiger partial charge >= 0.3 is 0 Å². The first-order valence-corrected chi connectivity index (χ1v) is 7.05. The van der Waals surface area contributed by atoms with Crippen molar-refractivity contribution in [3.63, 3.8) is 0 Å². The van der Waals surface area contributed by atoms with Crippen LogP contribution in [0, 0.1) is 0 Å². The summed E-state index contributed by atoms with van der Waals surface area (Å²) in [4.78, 5) is 0. The van der Waals surface area contributed by atoms with Gasteiger partial charge in [-0.25, -0.2) is 0 Å². The number of nitrogens with one attached hydrogen (secondary N) is 1. The molecule has 0 bridgehead atoms. The van der Waals surface area contributed by atoms with Gasteiger partial charge in [-0.15, -0.1) is 0 Å². The predicted octanol–water partition coefficient (Wildman–Crippen LogP) is 2.41. The van der Waals surface area contributed by atoms with E-state index in [4.69, 9.17) is 25.8 Å². The molecule has 1 unspecified atom stereocenters. The zero-order chi connectivity index (χ0) is 13.2. The number of hydrogen-bond acceptors (Lipinski definition) is 4. The minimum absolute atomic E-state index is 0.458. The highest BCUT2D eigenvalue weighted by atomic mass is 35.5. The standard InChI is InChI=1S/C14H18ClNO3/c1-17-11-8-12-14(19-6-5-18-12)10(13(11)15)7-9-3-2-4-16-9/h8-9,16H,2-7H2,1H3. The normalized spacial score (nSPS) is 21.5. The molecule has 0 amide bonds. The predicted molar refractivity (Wildman–Crippen MR) is 73.7 cm³/mol. The van der Waals surface area contributed by atoms with Gasteiger partial charge in [-0.2, -0.15) is 0 Å². The van der Waals surface area contributed by atoms with Gasteiger partial charge < -0.3 is 19.5 Å². The zero-order valence-electron chi connectivity index (χ0n) is 11.0. The van der Waals surface area contributed by atoms with E-state index in [1.165, 1.54) is 12.8 Å². The Balaban J connectivity index is 1.98. The van der Waals surface area contributed by atoms with E-state index in [2.05, 4.69) is 5.32 Å². The van der Waals surface area contributed by atoms with Crippen molar-refractivity contribution < 1.29 is 14.2 Å². The summed E-state index contributed by atoms with van der Waals surface area (Å²) < 4.78 is 16.7. The van der Waals surface area contributed by atoms with E-state index < -0.39 is 0 Å². The third-order valence-electron chi connectivity index (χ3n) is 3.66. The Morgan fingerprint density at radius 1 is 1.42 bits per heavy atom. The number of fused-ring (bicyclic) bond motifs is 1. The molecule has 0 saturated carbocycles. The van der Waals surface area contributed by atoms with E-state index in [1.807, 2.05) is 6.07 Å². The third kappa shape index (κ3) is 2.47. The molecule has 0 aliphatic carbocycles. The molecule has 2 heterocycles. The molecule has 1 saturated heterocycles. The Bertz CT molecular complexity index is 472. The highest BCUT2D eigenvalue weighted by Crippen LogP contribution is 2.44. The molecule has 3 rings (SSSR count). The maximum absolute atomic E-state index is 6.44. The molecule has 2 aliphatic heterocycles. The maximum Gasteiger partial charge on any atom is 0.166 e. The van der Waals surface area contributed by atoms with E-state index in [9.17, 15) is 0 Å². The van der Waals surface area contributed by atoms with Gasteiger partial charge in [0.25, 0.3) is 0 Å². The highest BCUT2D eigenvalue weighted by molar-refractivity contribution is 6.33. The molecular formula is C14H18ClNO3. The molecule has 0 aromatic heterocycles. The van der Waals surface area contributed by atoms with Crippen LogP contribution in [0.25, 0.3) is 0 Å². The molecule has 1 N–H and O–H groups in total. The van der Waals surface area contributed by atoms with Gasteiger partial charge in [0, 0.05) is 17.7 Å². The van der Waals surface area contributed by atoms with Crippen molar-refractivity contribution in [2.45, 2.75) is 25.3 Å². The first kappa shape index (κ1) is 12.9. The quantitative estimate of drug-likeness (QED) is 0.925. The van der Waals surface area contributed by atoms with Gasteiger partial charge in [0.2, 0.25) is 0 Å². The van der Waals surface area contributed by atoms with Crippen LogP contribution in [0.2, 0.25) is 5.02 Å². The van der Waals surface area contributed by atoms with Crippen LogP contribution in [0.4, 0.5) is 0 Å². The number of benzene rings is 1. The van der Waals surface area contributed by atoms with Crippen LogP contribution in [0.15, 0.2) is 6.07 Å². The average molecular weight is 284 g/mol. The van der Waals surface area contributed by atoms with E-state index >= 15 is 0 Å². The molecule has 1 atom stereocenters. The number of hydrogen-bond donors (Lipinski definition) is 1. The van der Waals surface area contributed by atoms with Gasteiger partial charge in [-0.1, -0.05) is 11.6 Å². The second kappa shape index (κ2) is 5.47. The van der Waals surface area contributed by atoms with E-state index in [0.29, 0.717) is 30.0 Å². The number of rotatable bonds is 3. The molecule has 104 valence electrons. The van der Waals surface area contributed by atoms with Gasteiger partial charge in [0.15, 0.2) is 11.5 Å². The van der Waals surface area contributed by atoms with Gasteiger partial charge in [0.05, 0.1) is 12.1 Å². The van der Waals surface area contributed by atoms with Crippen molar-refractivity contribution in [3.8, 4) is 17.2 Å². The summed E-state index contributed by atoms with van der Waals surface area (Å²) in [5.74, 6) is 2.17. The fraction of sp³-hybridized carbons (Fsp3) is 0.571. The first-order chi connectivity index (χ1) is 9.29. The minimum Gasteiger partial charge on any atom is -0.495 e. The Labute approximate surface area is 118 Å². The topological polar surface area (TPSA) is 39.7 Å². The Kier molecular flexibility index (Phi) is 3.71. The molecule has 0 radical (unpaired) electrons. The number of ether oxygens (including phenoxy) is 3. The smallest absolute Gasteiger partial charge is 0.166 e. The van der Waals surface area contributed by atoms with Crippen molar-refractivity contribution >= 4 is 11.6 Å². The van der Waals surface area contributed by atoms with Gasteiger partial charge in [-0.05, 0) is 25.8 Å². The molecule has 5 heteroatoms. The Morgan fingerprint density at radius 2 is 2.26 bits per heavy atom. The molecule has 4 nitrogen and oxygen atoms in total. The van der Waals surface area contributed by atoms with Crippen LogP contribution in [-0.4, -0.2) is 32.9 Å². The molecule has 1 aromatic carbocycles. The largest absolute Gasteiger partial charge is 0.495 e. The summed E-state index contributed by atoms with van der Waals surface area (Å²) in [5.41, 5.74) is 0.995. The van der Waals surface area contributed by atoms with Crippen molar-refractivity contribution in [1.29, 1.82) is 0 Å². The summed E-state index contributed by atoms with van der Waals surface area (Å²) in [7, 11) is 1.62. The molecule has 2 aliphatic rings. The van der Waals surface area contributed by atoms with Crippen LogP contribution in [0.1, 0.15) is 18.4 Å². The van der Waals surface area contributed by atoms with Crippen LogP contribution < -0.4 is 19.5 Å². The monoisotopic (exact) mass is 283 g/mol. The third-order valence-corrected chi connectivity index (χ3v) is 4.08. The first-order valence-electron chi connectivity index (χ1n) is 6.68. The molecule has 1 aromatic rings. The second-order valence-electron chi connectivity index (χ2n) is 4.89. The Morgan fingerprint density at radius 3 is 3.00 bits per heavy atom. The van der Waals surface area contributed by atoms with Crippen molar-refractivity contribution in [1.82, 2.24) is 5.32 Å². The summed E-state index contributed by atoms with van der Waals surface area (Å²) in [5, 5.41) is 4.12. The minimum atomic E-state index is 0.458. The summed E-state index contributed by atoms with van der Waals surface area (Å²) in [6, 6.07) is 2.27. The molecule has 1 fully saturated rings. The lowest BCUT2D eigenvalue weighted by molar-refractivity contribution is 0.169. The van der Waals surface area contributed by atoms with Crippen LogP contribution >= 0.6 is 11.6 Å². The lowest BCUT2D eigenvalue weighted by Gasteiger charge is -2.24. The van der Waals surface area contributed by atoms with Crippen molar-refractivity contribution in [2.75, 3.05) is 26.9 Å². The van der Waals surface area contributed by atoms with Crippen LogP contribution in [0.3, 0.4) is 0 Å². The zero-order valence-corrected chi connectivity index (χ0v) is 11.8. The number of methoxy groups -OCH3 is 1. The molecule has 19 heavy (non-hydrogen) atoms. The van der Waals surface area contributed by atoms with Crippen LogP contribution in [-0.2, 0) is 6.42 Å². The fourth-order valence-electron chi connectivity index (χ4n) is 2.71. The second-order valence-corrected chi connectivity index (χ2v) is 5.27. The van der Waals surface area contributed by atoms with E-state index in [1.54, 1.807) is 7.11 Å². The van der Waals surface area contributed by atoms with Crippen LogP contribution in [0.5, 0.6) is 17.2 Å². The van der Waals surface area contributed by atoms with Crippen molar-refractivity contribution in [2.24, 2.45) is 0 Å². The Hall–Kier alpha value is -1.13. The van der Waals surface area contributed by atoms with Gasteiger partial charge in [-0.3, -0.25) is 0 Å². The summed E-state index contributed by atoms with van der Waals surface area (Å²) in [6.45, 7) is 2.21. The molecular weight excluding hydrogens is 266 g/mol. The lowest BCUT2D eigenvalue weighted by Crippen LogP contribution is -2.25. The average Bonchev–Trinajstić information content (AvgIpc) is 2.94. The van der Waals surface area contributed by atoms with Crippen molar-refractivity contribution in [3.05, 3.63) is 16.7 Å².